The molecule has 0 aliphatic carbocycles. The van der Waals surface area contributed by atoms with Gasteiger partial charge in [0.2, 0.25) is 6.41 Å². The number of halogens is 2. The van der Waals surface area contributed by atoms with Crippen LogP contribution in [0.3, 0.4) is 0 Å². The molecule has 0 radical (unpaired) electrons. The number of amides is 1. The minimum Gasteiger partial charge on any atom is -0.507 e. The van der Waals surface area contributed by atoms with Crippen LogP contribution in [0.4, 0.5) is 15.9 Å². The van der Waals surface area contributed by atoms with Gasteiger partial charge in [-0.2, -0.15) is 5.10 Å². The van der Waals surface area contributed by atoms with E-state index in [1.807, 2.05) is 26.2 Å². The number of anilines is 2. The number of hydrogen-bond acceptors (Lipinski definition) is 7. The van der Waals surface area contributed by atoms with Crippen molar-refractivity contribution in [1.82, 2.24) is 25.4 Å². The Bertz CT molecular complexity index is 1540. The summed E-state index contributed by atoms with van der Waals surface area (Å²) in [5, 5.41) is 21.9. The molecule has 5 rings (SSSR count). The second-order valence-electron chi connectivity index (χ2n) is 9.61. The molecule has 0 unspecified atom stereocenters. The molecule has 1 saturated heterocycles. The molecular formula is C29H29ClFN7O2. The number of aromatic nitrogens is 3. The lowest BCUT2D eigenvalue weighted by Crippen LogP contribution is -2.43. The van der Waals surface area contributed by atoms with Crippen molar-refractivity contribution in [2.45, 2.75) is 0 Å². The summed E-state index contributed by atoms with van der Waals surface area (Å²) >= 11 is 6.55. The molecule has 206 valence electrons. The fourth-order valence-corrected chi connectivity index (χ4v) is 4.84. The number of aromatic hydroxyl groups is 1. The van der Waals surface area contributed by atoms with E-state index in [2.05, 4.69) is 20.4 Å². The number of pyridine rings is 1. The van der Waals surface area contributed by atoms with Crippen LogP contribution in [-0.2, 0) is 4.79 Å². The first-order valence-corrected chi connectivity index (χ1v) is 13.1. The van der Waals surface area contributed by atoms with Crippen molar-refractivity contribution in [2.75, 3.05) is 50.1 Å². The Hall–Kier alpha value is -4.41. The summed E-state index contributed by atoms with van der Waals surface area (Å²) in [7, 11) is 3.67. The standard InChI is InChI=1S/C29H29ClFN7O2/c1-36(2)9-10-38(18-39)27-4-3-19(11-25(27)30)23-14-22(31)15-24(29(23)40)20-12-26(21-16-33-34-17-21)35-28(13-20)37-7-5-32-6-8-37/h3-4,9-18,32,40H,5-8H2,1-2H3,(H,33,34)/b10-9-. The van der Waals surface area contributed by atoms with Gasteiger partial charge >= 0.3 is 0 Å². The number of nitrogens with zero attached hydrogens (tertiary/aromatic N) is 5. The van der Waals surface area contributed by atoms with Crippen LogP contribution in [0.5, 0.6) is 5.75 Å². The molecule has 1 amide bonds. The highest BCUT2D eigenvalue weighted by molar-refractivity contribution is 6.34. The molecule has 1 aliphatic rings. The van der Waals surface area contributed by atoms with Crippen LogP contribution in [0.25, 0.3) is 33.5 Å². The molecule has 2 aromatic heterocycles. The van der Waals surface area contributed by atoms with E-state index in [9.17, 15) is 9.90 Å². The van der Waals surface area contributed by atoms with Crippen LogP contribution in [0.15, 0.2) is 67.3 Å². The van der Waals surface area contributed by atoms with Gasteiger partial charge in [-0.25, -0.2) is 9.37 Å². The van der Waals surface area contributed by atoms with Gasteiger partial charge in [0.25, 0.3) is 0 Å². The summed E-state index contributed by atoms with van der Waals surface area (Å²) < 4.78 is 15.1. The highest BCUT2D eigenvalue weighted by Crippen LogP contribution is 2.42. The molecule has 0 saturated carbocycles. The van der Waals surface area contributed by atoms with E-state index in [4.69, 9.17) is 16.6 Å². The van der Waals surface area contributed by atoms with E-state index in [0.717, 1.165) is 37.6 Å². The molecule has 1 aliphatic heterocycles. The number of benzene rings is 2. The van der Waals surface area contributed by atoms with E-state index < -0.39 is 5.82 Å². The van der Waals surface area contributed by atoms with Crippen LogP contribution >= 0.6 is 11.6 Å². The quantitative estimate of drug-likeness (QED) is 0.268. The van der Waals surface area contributed by atoms with E-state index in [0.29, 0.717) is 34.5 Å². The Morgan fingerprint density at radius 1 is 1.02 bits per heavy atom. The van der Waals surface area contributed by atoms with Gasteiger partial charge in [-0.1, -0.05) is 17.7 Å². The summed E-state index contributed by atoms with van der Waals surface area (Å²) in [4.78, 5) is 21.8. The number of carbonyl (C=O) groups is 1. The van der Waals surface area contributed by atoms with Gasteiger partial charge in [-0.05, 0) is 47.5 Å². The molecule has 11 heteroatoms. The van der Waals surface area contributed by atoms with Crippen molar-refractivity contribution in [3.8, 4) is 39.3 Å². The smallest absolute Gasteiger partial charge is 0.218 e. The third-order valence-corrected chi connectivity index (χ3v) is 6.91. The van der Waals surface area contributed by atoms with Gasteiger partial charge in [0.05, 0.1) is 22.6 Å². The van der Waals surface area contributed by atoms with Crippen molar-refractivity contribution in [2.24, 2.45) is 0 Å². The van der Waals surface area contributed by atoms with Crippen LogP contribution in [0.1, 0.15) is 0 Å². The summed E-state index contributed by atoms with van der Waals surface area (Å²) in [5.74, 6) is 0.116. The highest BCUT2D eigenvalue weighted by Gasteiger charge is 2.20. The maximum absolute atomic E-state index is 15.1. The molecule has 9 nitrogen and oxygen atoms in total. The third-order valence-electron chi connectivity index (χ3n) is 6.61. The zero-order valence-corrected chi connectivity index (χ0v) is 22.9. The molecular weight excluding hydrogens is 533 g/mol. The summed E-state index contributed by atoms with van der Waals surface area (Å²) in [6.45, 7) is 3.19. The van der Waals surface area contributed by atoms with Gasteiger partial charge in [0.1, 0.15) is 17.4 Å². The monoisotopic (exact) mass is 561 g/mol. The molecule has 2 aromatic carbocycles. The topological polar surface area (TPSA) is 101 Å². The molecule has 0 atom stereocenters. The minimum absolute atomic E-state index is 0.0967. The second kappa shape index (κ2) is 11.8. The van der Waals surface area contributed by atoms with Gasteiger partial charge in [0, 0.05) is 75.6 Å². The normalized spacial score (nSPS) is 13.6. The average Bonchev–Trinajstić information content (AvgIpc) is 3.50. The van der Waals surface area contributed by atoms with E-state index in [1.165, 1.54) is 17.0 Å². The van der Waals surface area contributed by atoms with Crippen LogP contribution in [-0.4, -0.2) is 71.9 Å². The van der Waals surface area contributed by atoms with Crippen molar-refractivity contribution < 1.29 is 14.3 Å². The number of carbonyl (C=O) groups excluding carboxylic acids is 1. The Balaban J connectivity index is 1.58. The first kappa shape index (κ1) is 27.2. The zero-order valence-electron chi connectivity index (χ0n) is 22.1. The molecule has 3 N–H and O–H groups in total. The number of aromatic amines is 1. The second-order valence-corrected chi connectivity index (χ2v) is 10.0. The fraction of sp³-hybridized carbons (Fsp3) is 0.207. The van der Waals surface area contributed by atoms with Gasteiger partial charge in [0.15, 0.2) is 0 Å². The maximum atomic E-state index is 15.1. The van der Waals surface area contributed by atoms with Gasteiger partial charge in [-0.15, -0.1) is 0 Å². The Labute approximate surface area is 236 Å². The average molecular weight is 562 g/mol. The number of hydrogen-bond donors (Lipinski definition) is 3. The first-order valence-electron chi connectivity index (χ1n) is 12.7. The van der Waals surface area contributed by atoms with Crippen molar-refractivity contribution >= 4 is 29.5 Å². The van der Waals surface area contributed by atoms with E-state index in [1.54, 1.807) is 47.9 Å². The lowest BCUT2D eigenvalue weighted by atomic mass is 9.96. The van der Waals surface area contributed by atoms with Crippen LogP contribution < -0.4 is 15.1 Å². The lowest BCUT2D eigenvalue weighted by molar-refractivity contribution is -0.106. The van der Waals surface area contributed by atoms with Gasteiger partial charge in [-0.3, -0.25) is 14.8 Å². The largest absolute Gasteiger partial charge is 0.507 e. The van der Waals surface area contributed by atoms with Crippen LogP contribution in [0, 0.1) is 5.82 Å². The van der Waals surface area contributed by atoms with E-state index in [-0.39, 0.29) is 16.3 Å². The third kappa shape index (κ3) is 5.78. The van der Waals surface area contributed by atoms with Crippen molar-refractivity contribution in [3.63, 3.8) is 0 Å². The Morgan fingerprint density at radius 3 is 2.42 bits per heavy atom. The maximum Gasteiger partial charge on any atom is 0.218 e. The number of rotatable bonds is 8. The molecule has 40 heavy (non-hydrogen) atoms. The first-order chi connectivity index (χ1) is 19.3. The molecule has 3 heterocycles. The zero-order chi connectivity index (χ0) is 28.2. The summed E-state index contributed by atoms with van der Waals surface area (Å²) in [5.41, 5.74) is 3.59. The number of phenolic OH excluding ortho intramolecular Hbond substituents is 1. The number of H-pyrrole nitrogens is 1. The highest BCUT2D eigenvalue weighted by atomic mass is 35.5. The van der Waals surface area contributed by atoms with Crippen LogP contribution in [0.2, 0.25) is 5.02 Å². The van der Waals surface area contributed by atoms with Crippen molar-refractivity contribution in [1.29, 1.82) is 0 Å². The summed E-state index contributed by atoms with van der Waals surface area (Å²) in [6.07, 6.45) is 7.36. The number of phenols is 1. The van der Waals surface area contributed by atoms with Crippen molar-refractivity contribution in [3.05, 3.63) is 78.1 Å². The van der Waals surface area contributed by atoms with E-state index >= 15 is 4.39 Å². The SMILES string of the molecule is CN(C)/C=C\N(C=O)c1ccc(-c2cc(F)cc(-c3cc(-c4cn[nH]c4)nc(N4CCNCC4)c3)c2O)cc1Cl. The Kier molecular flexibility index (Phi) is 7.99. The molecule has 1 fully saturated rings. The summed E-state index contributed by atoms with van der Waals surface area (Å²) in [6, 6.07) is 11.2. The number of piperazine rings is 1. The molecule has 0 spiro atoms. The predicted molar refractivity (Wildman–Crippen MR) is 156 cm³/mol. The lowest BCUT2D eigenvalue weighted by Gasteiger charge is -2.29. The molecule has 0 bridgehead atoms. The molecule has 4 aromatic rings. The minimum atomic E-state index is -0.517. The fourth-order valence-electron chi connectivity index (χ4n) is 4.57. The Morgan fingerprint density at radius 2 is 1.77 bits per heavy atom. The van der Waals surface area contributed by atoms with Gasteiger partial charge < -0.3 is 20.2 Å². The number of nitrogens with one attached hydrogen (secondary N) is 2. The predicted octanol–water partition coefficient (Wildman–Crippen LogP) is 4.71.